The highest BCUT2D eigenvalue weighted by Gasteiger charge is 2.26. The van der Waals surface area contributed by atoms with E-state index in [-0.39, 0.29) is 6.04 Å². The van der Waals surface area contributed by atoms with Gasteiger partial charge in [-0.25, -0.2) is 0 Å². The summed E-state index contributed by atoms with van der Waals surface area (Å²) < 4.78 is 0. The molecule has 0 fully saturated rings. The van der Waals surface area contributed by atoms with Crippen LogP contribution in [0.25, 0.3) is 11.1 Å². The molecule has 0 aromatic heterocycles. The molecule has 0 saturated heterocycles. The van der Waals surface area contributed by atoms with Crippen LogP contribution in [0.15, 0.2) is 42.5 Å². The molecule has 1 atom stereocenters. The van der Waals surface area contributed by atoms with Gasteiger partial charge in [-0.3, -0.25) is 0 Å². The van der Waals surface area contributed by atoms with E-state index in [1.807, 2.05) is 6.07 Å². The predicted octanol–water partition coefficient (Wildman–Crippen LogP) is 3.72. The van der Waals surface area contributed by atoms with E-state index in [2.05, 4.69) is 30.3 Å². The number of allylic oxidation sites excluding steroid dienone is 1. The standard InChI is InChI=1S/C19H19NO/c20-14-6-8-17-16-4-2-1-3-12(16)9-13-5-7-15(21)11-18(13)19(17)10-14/h1-5,7,11,14,21H,6,8-10,20H2. The summed E-state index contributed by atoms with van der Waals surface area (Å²) in [5.74, 6) is 0.339. The normalized spacial score (nSPS) is 20.3. The summed E-state index contributed by atoms with van der Waals surface area (Å²) in [4.78, 5) is 0. The number of rotatable bonds is 0. The zero-order valence-corrected chi connectivity index (χ0v) is 12.0. The zero-order valence-electron chi connectivity index (χ0n) is 12.0. The van der Waals surface area contributed by atoms with Gasteiger partial charge in [-0.15, -0.1) is 0 Å². The summed E-state index contributed by atoms with van der Waals surface area (Å²) in [6, 6.07) is 14.7. The molecule has 2 aliphatic carbocycles. The summed E-state index contributed by atoms with van der Waals surface area (Å²) in [6.07, 6.45) is 3.90. The SMILES string of the molecule is NC1CCC2=C(C1)c1cc(O)ccc1Cc1ccccc12. The van der Waals surface area contributed by atoms with E-state index in [0.717, 1.165) is 25.7 Å². The Morgan fingerprint density at radius 3 is 2.67 bits per heavy atom. The van der Waals surface area contributed by atoms with Crippen LogP contribution in [0, 0.1) is 0 Å². The quantitative estimate of drug-likeness (QED) is 0.771. The predicted molar refractivity (Wildman–Crippen MR) is 86.0 cm³/mol. The molecular weight excluding hydrogens is 258 g/mol. The molecule has 2 aliphatic rings. The van der Waals surface area contributed by atoms with E-state index >= 15 is 0 Å². The van der Waals surface area contributed by atoms with Crippen LogP contribution in [0.4, 0.5) is 0 Å². The van der Waals surface area contributed by atoms with Gasteiger partial charge < -0.3 is 10.8 Å². The lowest BCUT2D eigenvalue weighted by Gasteiger charge is -2.25. The van der Waals surface area contributed by atoms with Crippen molar-refractivity contribution >= 4 is 11.1 Å². The summed E-state index contributed by atoms with van der Waals surface area (Å²) in [6.45, 7) is 0. The van der Waals surface area contributed by atoms with Gasteiger partial charge in [0.05, 0.1) is 0 Å². The van der Waals surface area contributed by atoms with Crippen molar-refractivity contribution in [2.45, 2.75) is 31.7 Å². The van der Waals surface area contributed by atoms with Gasteiger partial charge >= 0.3 is 0 Å². The van der Waals surface area contributed by atoms with Gasteiger partial charge in [0.15, 0.2) is 0 Å². The summed E-state index contributed by atoms with van der Waals surface area (Å²) >= 11 is 0. The monoisotopic (exact) mass is 277 g/mol. The molecule has 21 heavy (non-hydrogen) atoms. The highest BCUT2D eigenvalue weighted by Crippen LogP contribution is 2.43. The minimum atomic E-state index is 0.226. The molecule has 0 amide bonds. The van der Waals surface area contributed by atoms with Gasteiger partial charge in [0.25, 0.3) is 0 Å². The van der Waals surface area contributed by atoms with E-state index in [1.54, 1.807) is 6.07 Å². The highest BCUT2D eigenvalue weighted by molar-refractivity contribution is 5.95. The molecule has 0 saturated carbocycles. The number of hydrogen-bond acceptors (Lipinski definition) is 2. The van der Waals surface area contributed by atoms with Crippen LogP contribution >= 0.6 is 0 Å². The summed E-state index contributed by atoms with van der Waals surface area (Å²) in [5, 5.41) is 9.90. The molecular formula is C19H19NO. The van der Waals surface area contributed by atoms with Crippen LogP contribution in [0.3, 0.4) is 0 Å². The number of phenols is 1. The molecule has 3 N–H and O–H groups in total. The lowest BCUT2D eigenvalue weighted by Crippen LogP contribution is -2.23. The molecule has 0 bridgehead atoms. The average Bonchev–Trinajstić information content (AvgIpc) is 2.62. The van der Waals surface area contributed by atoms with E-state index in [9.17, 15) is 5.11 Å². The fourth-order valence-electron chi connectivity index (χ4n) is 3.71. The number of aromatic hydroxyl groups is 1. The van der Waals surface area contributed by atoms with Gasteiger partial charge in [-0.05, 0) is 71.2 Å². The van der Waals surface area contributed by atoms with Gasteiger partial charge in [0.1, 0.15) is 5.75 Å². The molecule has 0 heterocycles. The third kappa shape index (κ3) is 2.07. The fourth-order valence-corrected chi connectivity index (χ4v) is 3.71. The molecule has 2 aromatic carbocycles. The fraction of sp³-hybridized carbons (Fsp3) is 0.263. The number of fused-ring (bicyclic) bond motifs is 4. The maximum atomic E-state index is 9.90. The van der Waals surface area contributed by atoms with Crippen LogP contribution in [-0.2, 0) is 6.42 Å². The Morgan fingerprint density at radius 1 is 0.952 bits per heavy atom. The minimum absolute atomic E-state index is 0.226. The maximum Gasteiger partial charge on any atom is 0.116 e. The van der Waals surface area contributed by atoms with E-state index in [4.69, 9.17) is 5.73 Å². The molecule has 2 heteroatoms. The first-order valence-electron chi connectivity index (χ1n) is 7.60. The minimum Gasteiger partial charge on any atom is -0.508 e. The van der Waals surface area contributed by atoms with Crippen LogP contribution < -0.4 is 5.73 Å². The third-order valence-corrected chi connectivity index (χ3v) is 4.74. The number of benzene rings is 2. The van der Waals surface area contributed by atoms with Crippen molar-refractivity contribution in [2.75, 3.05) is 0 Å². The maximum absolute atomic E-state index is 9.90. The Kier molecular flexibility index (Phi) is 2.86. The molecule has 4 rings (SSSR count). The lowest BCUT2D eigenvalue weighted by atomic mass is 9.82. The number of phenolic OH excluding ortho intramolecular Hbond substituents is 1. The third-order valence-electron chi connectivity index (χ3n) is 4.74. The van der Waals surface area contributed by atoms with Crippen molar-refractivity contribution in [3.8, 4) is 5.75 Å². The van der Waals surface area contributed by atoms with Gasteiger partial charge in [0.2, 0.25) is 0 Å². The van der Waals surface area contributed by atoms with E-state index in [0.29, 0.717) is 5.75 Å². The Labute approximate surface area is 124 Å². The van der Waals surface area contributed by atoms with E-state index < -0.39 is 0 Å². The van der Waals surface area contributed by atoms with Gasteiger partial charge in [-0.1, -0.05) is 30.3 Å². The van der Waals surface area contributed by atoms with Crippen LogP contribution in [0.1, 0.15) is 41.5 Å². The van der Waals surface area contributed by atoms with Crippen LogP contribution in [-0.4, -0.2) is 11.1 Å². The molecule has 106 valence electrons. The lowest BCUT2D eigenvalue weighted by molar-refractivity contribution is 0.475. The molecule has 2 nitrogen and oxygen atoms in total. The second-order valence-electron chi connectivity index (χ2n) is 6.14. The van der Waals surface area contributed by atoms with Gasteiger partial charge in [-0.2, -0.15) is 0 Å². The number of nitrogens with two attached hydrogens (primary N) is 1. The van der Waals surface area contributed by atoms with Crippen LogP contribution in [0.5, 0.6) is 5.75 Å². The first-order chi connectivity index (χ1) is 10.2. The first-order valence-corrected chi connectivity index (χ1v) is 7.60. The molecule has 0 radical (unpaired) electrons. The van der Waals surface area contributed by atoms with Crippen molar-refractivity contribution in [2.24, 2.45) is 5.73 Å². The smallest absolute Gasteiger partial charge is 0.116 e. The molecule has 0 aliphatic heterocycles. The van der Waals surface area contributed by atoms with E-state index in [1.165, 1.54) is 33.4 Å². The average molecular weight is 277 g/mol. The van der Waals surface area contributed by atoms with Crippen molar-refractivity contribution in [1.29, 1.82) is 0 Å². The Morgan fingerprint density at radius 2 is 1.76 bits per heavy atom. The zero-order chi connectivity index (χ0) is 14.4. The number of hydrogen-bond donors (Lipinski definition) is 2. The highest BCUT2D eigenvalue weighted by atomic mass is 16.3. The van der Waals surface area contributed by atoms with Crippen molar-refractivity contribution in [1.82, 2.24) is 0 Å². The second kappa shape index (κ2) is 4.74. The summed E-state index contributed by atoms with van der Waals surface area (Å²) in [5.41, 5.74) is 14.2. The Balaban J connectivity index is 2.02. The molecule has 0 spiro atoms. The first kappa shape index (κ1) is 12.7. The largest absolute Gasteiger partial charge is 0.508 e. The summed E-state index contributed by atoms with van der Waals surface area (Å²) in [7, 11) is 0. The van der Waals surface area contributed by atoms with Crippen LogP contribution in [0.2, 0.25) is 0 Å². The second-order valence-corrected chi connectivity index (χ2v) is 6.14. The Bertz CT molecular complexity index is 745. The molecule has 2 aromatic rings. The van der Waals surface area contributed by atoms with Gasteiger partial charge in [0, 0.05) is 6.04 Å². The van der Waals surface area contributed by atoms with Crippen molar-refractivity contribution in [3.63, 3.8) is 0 Å². The Hall–Kier alpha value is -2.06. The molecule has 1 unspecified atom stereocenters. The topological polar surface area (TPSA) is 46.2 Å². The van der Waals surface area contributed by atoms with Crippen molar-refractivity contribution in [3.05, 3.63) is 64.7 Å². The van der Waals surface area contributed by atoms with Crippen molar-refractivity contribution < 1.29 is 5.11 Å².